The van der Waals surface area contributed by atoms with Crippen molar-refractivity contribution < 1.29 is 63.1 Å². The van der Waals surface area contributed by atoms with E-state index in [2.05, 4.69) is 10.3 Å². The fourth-order valence-electron chi connectivity index (χ4n) is 7.04. The molecule has 16 heteroatoms. The normalized spacial score (nSPS) is 30.8. The highest BCUT2D eigenvalue weighted by Gasteiger charge is 2.54. The average Bonchev–Trinajstić information content (AvgIpc) is 3.84. The molecule has 1 aromatic heterocycles. The molecule has 0 amide bonds. The summed E-state index contributed by atoms with van der Waals surface area (Å²) in [7, 11) is 4.58. The molecule has 4 heterocycles. The largest absolute Gasteiger partial charge is 0.493 e. The molecule has 3 aromatic rings. The third-order valence-electron chi connectivity index (χ3n) is 9.28. The zero-order chi connectivity index (χ0) is 33.0. The molecule has 0 bridgehead atoms. The minimum Gasteiger partial charge on any atom is -0.493 e. The highest BCUT2D eigenvalue weighted by atomic mass is 16.7. The Bertz CT molecular complexity index is 1620. The van der Waals surface area contributed by atoms with Crippen LogP contribution in [-0.4, -0.2) is 113 Å². The molecule has 0 unspecified atom stereocenters. The van der Waals surface area contributed by atoms with Crippen LogP contribution in [0.4, 0.5) is 0 Å². The molecule has 16 nitrogen and oxygen atoms in total. The Kier molecular flexibility index (Phi) is 8.32. The van der Waals surface area contributed by atoms with E-state index in [1.807, 2.05) is 24.3 Å². The van der Waals surface area contributed by atoms with Gasteiger partial charge in [0.15, 0.2) is 29.3 Å². The van der Waals surface area contributed by atoms with E-state index in [1.54, 1.807) is 10.9 Å². The van der Waals surface area contributed by atoms with E-state index in [-0.39, 0.29) is 31.9 Å². The van der Waals surface area contributed by atoms with E-state index in [0.717, 1.165) is 16.7 Å². The molecule has 2 fully saturated rings. The fraction of sp³-hybridized carbons (Fsp3) is 0.516. The number of hydrogen-bond acceptors (Lipinski definition) is 15. The molecule has 0 radical (unpaired) electrons. The number of nitrogens with zero attached hydrogens (tertiary/aromatic N) is 3. The monoisotopic (exact) mass is 657 g/mol. The van der Waals surface area contributed by atoms with Crippen molar-refractivity contribution in [3.8, 4) is 28.7 Å². The Morgan fingerprint density at radius 2 is 1.62 bits per heavy atom. The Hall–Kier alpha value is -4.19. The smallest absolute Gasteiger partial charge is 0.310 e. The van der Waals surface area contributed by atoms with Gasteiger partial charge in [-0.1, -0.05) is 5.21 Å². The van der Waals surface area contributed by atoms with Gasteiger partial charge in [-0.15, -0.1) is 5.10 Å². The predicted molar refractivity (Wildman–Crippen MR) is 155 cm³/mol. The molecule has 9 atom stereocenters. The predicted octanol–water partition coefficient (Wildman–Crippen LogP) is -0.127. The number of ether oxygens (including phenoxy) is 8. The van der Waals surface area contributed by atoms with Gasteiger partial charge in [-0.05, 0) is 41.0 Å². The summed E-state index contributed by atoms with van der Waals surface area (Å²) in [5, 5.41) is 48.7. The Labute approximate surface area is 268 Å². The van der Waals surface area contributed by atoms with Gasteiger partial charge in [0, 0.05) is 11.8 Å². The minimum atomic E-state index is -1.58. The minimum absolute atomic E-state index is 0.0510. The zero-order valence-corrected chi connectivity index (χ0v) is 25.7. The van der Waals surface area contributed by atoms with E-state index in [4.69, 9.17) is 37.9 Å². The maximum atomic E-state index is 13.5. The topological polar surface area (TPSA) is 203 Å². The van der Waals surface area contributed by atoms with Gasteiger partial charge in [-0.2, -0.15) is 0 Å². The summed E-state index contributed by atoms with van der Waals surface area (Å²) in [6, 6.07) is 6.90. The second kappa shape index (κ2) is 12.4. The van der Waals surface area contributed by atoms with E-state index in [1.165, 1.54) is 21.3 Å². The van der Waals surface area contributed by atoms with Crippen LogP contribution in [0.1, 0.15) is 34.3 Å². The molecule has 0 spiro atoms. The van der Waals surface area contributed by atoms with Crippen molar-refractivity contribution in [2.45, 2.75) is 49.3 Å². The SMILES string of the molecule is COc1cc([C@@H]2c3cc4c(cc3[C@@H](n3cc(CO[C@@H]5O[C@H](CO)[C@H](O)[C@H](O)[C@H]5O)nn3)[C@H]3COC(=O)[C@H]23)OCO4)cc(OC)c1OC. The molecule has 252 valence electrons. The van der Waals surface area contributed by atoms with Crippen molar-refractivity contribution >= 4 is 5.97 Å². The van der Waals surface area contributed by atoms with Gasteiger partial charge in [0.25, 0.3) is 0 Å². The first-order chi connectivity index (χ1) is 22.8. The highest BCUT2D eigenvalue weighted by molar-refractivity contribution is 5.79. The zero-order valence-electron chi connectivity index (χ0n) is 25.7. The second-order valence-corrected chi connectivity index (χ2v) is 11.7. The molecule has 7 rings (SSSR count). The highest BCUT2D eigenvalue weighted by Crippen LogP contribution is 2.56. The van der Waals surface area contributed by atoms with Gasteiger partial charge < -0.3 is 58.3 Å². The first kappa shape index (κ1) is 31.4. The number of methoxy groups -OCH3 is 3. The van der Waals surface area contributed by atoms with Crippen LogP contribution < -0.4 is 23.7 Å². The van der Waals surface area contributed by atoms with Crippen molar-refractivity contribution in [1.29, 1.82) is 0 Å². The maximum absolute atomic E-state index is 13.5. The number of rotatable bonds is 9. The van der Waals surface area contributed by atoms with Gasteiger partial charge in [0.1, 0.15) is 30.1 Å². The van der Waals surface area contributed by atoms with Gasteiger partial charge in [0.05, 0.1) is 59.3 Å². The standard InChI is InChI=1S/C31H35N3O13/c1-40-20-4-13(5-21(41-2)29(20)42-3)23-15-6-18-19(46-12-45-18)7-16(15)25(17-11-43-30(39)24(17)23)34-8-14(32-33-34)10-44-31-28(38)27(37)26(36)22(9-35)47-31/h4-8,17,22-28,31,35-38H,9-12H2,1-3H3/t17-,22+,23+,24-,25+,26-,27-,28+,31+/m0/s1. The van der Waals surface area contributed by atoms with Crippen LogP contribution in [0.25, 0.3) is 0 Å². The molecule has 4 aliphatic rings. The lowest BCUT2D eigenvalue weighted by Gasteiger charge is -2.39. The van der Waals surface area contributed by atoms with Crippen LogP contribution in [0.5, 0.6) is 28.7 Å². The number of aliphatic hydroxyl groups is 4. The fourth-order valence-corrected chi connectivity index (χ4v) is 7.04. The van der Waals surface area contributed by atoms with Crippen molar-refractivity contribution in [3.63, 3.8) is 0 Å². The first-order valence-electron chi connectivity index (χ1n) is 15.0. The second-order valence-electron chi connectivity index (χ2n) is 11.7. The van der Waals surface area contributed by atoms with Crippen molar-refractivity contribution in [3.05, 3.63) is 52.8 Å². The molecule has 1 aliphatic carbocycles. The molecular formula is C31H35N3O13. The number of fused-ring (bicyclic) bond motifs is 3. The van der Waals surface area contributed by atoms with Crippen LogP contribution in [0.3, 0.4) is 0 Å². The number of cyclic esters (lactones) is 1. The molecule has 2 aromatic carbocycles. The number of esters is 1. The van der Waals surface area contributed by atoms with Crippen LogP contribution in [-0.2, 0) is 25.6 Å². The molecule has 47 heavy (non-hydrogen) atoms. The summed E-state index contributed by atoms with van der Waals surface area (Å²) in [6.07, 6.45) is -5.45. The number of aliphatic hydroxyl groups excluding tert-OH is 4. The van der Waals surface area contributed by atoms with Crippen LogP contribution in [0.2, 0.25) is 0 Å². The first-order valence-corrected chi connectivity index (χ1v) is 15.0. The van der Waals surface area contributed by atoms with Crippen molar-refractivity contribution in [1.82, 2.24) is 15.0 Å². The summed E-state index contributed by atoms with van der Waals surface area (Å²) in [5.74, 6) is 0.530. The lowest BCUT2D eigenvalue weighted by Crippen LogP contribution is -2.59. The van der Waals surface area contributed by atoms with Crippen LogP contribution >= 0.6 is 0 Å². The molecular weight excluding hydrogens is 622 g/mol. The Morgan fingerprint density at radius 3 is 2.28 bits per heavy atom. The average molecular weight is 658 g/mol. The van der Waals surface area contributed by atoms with E-state index >= 15 is 0 Å². The maximum Gasteiger partial charge on any atom is 0.310 e. The quantitative estimate of drug-likeness (QED) is 0.222. The molecule has 0 saturated carbocycles. The summed E-state index contributed by atoms with van der Waals surface area (Å²) >= 11 is 0. The summed E-state index contributed by atoms with van der Waals surface area (Å²) in [4.78, 5) is 13.5. The lowest BCUT2D eigenvalue weighted by atomic mass is 9.65. The Balaban J connectivity index is 1.26. The summed E-state index contributed by atoms with van der Waals surface area (Å²) in [5.41, 5.74) is 2.72. The van der Waals surface area contributed by atoms with Gasteiger partial charge in [0.2, 0.25) is 12.5 Å². The summed E-state index contributed by atoms with van der Waals surface area (Å²) < 4.78 is 46.8. The number of benzene rings is 2. The van der Waals surface area contributed by atoms with Gasteiger partial charge in [-0.3, -0.25) is 4.79 Å². The molecule has 3 aliphatic heterocycles. The van der Waals surface area contributed by atoms with Crippen molar-refractivity contribution in [2.24, 2.45) is 11.8 Å². The van der Waals surface area contributed by atoms with Crippen molar-refractivity contribution in [2.75, 3.05) is 41.3 Å². The lowest BCUT2D eigenvalue weighted by molar-refractivity contribution is -0.304. The number of carbonyl (C=O) groups excluding carboxylic acids is 1. The molecule has 4 N–H and O–H groups in total. The molecule has 2 saturated heterocycles. The number of hydrogen-bond donors (Lipinski definition) is 4. The number of aromatic nitrogens is 3. The van der Waals surface area contributed by atoms with E-state index in [9.17, 15) is 25.2 Å². The third kappa shape index (κ3) is 5.21. The third-order valence-corrected chi connectivity index (χ3v) is 9.28. The summed E-state index contributed by atoms with van der Waals surface area (Å²) in [6.45, 7) is -0.586. The van der Waals surface area contributed by atoms with Crippen LogP contribution in [0, 0.1) is 11.8 Å². The van der Waals surface area contributed by atoms with Gasteiger partial charge >= 0.3 is 5.97 Å². The van der Waals surface area contributed by atoms with E-state index < -0.39 is 55.2 Å². The van der Waals surface area contributed by atoms with Gasteiger partial charge in [-0.25, -0.2) is 4.68 Å². The number of carbonyl (C=O) groups is 1. The van der Waals surface area contributed by atoms with E-state index in [0.29, 0.717) is 34.4 Å². The van der Waals surface area contributed by atoms with Crippen LogP contribution in [0.15, 0.2) is 30.5 Å². The Morgan fingerprint density at radius 1 is 0.915 bits per heavy atom.